The summed E-state index contributed by atoms with van der Waals surface area (Å²) in [6.07, 6.45) is 1.62. The Morgan fingerprint density at radius 1 is 1.47 bits per heavy atom. The van der Waals surface area contributed by atoms with Crippen molar-refractivity contribution in [2.75, 3.05) is 6.54 Å². The smallest absolute Gasteiger partial charge is 0.251 e. The summed E-state index contributed by atoms with van der Waals surface area (Å²) in [6.45, 7) is 0.703. The number of hydrogen-bond acceptors (Lipinski definition) is 2. The van der Waals surface area contributed by atoms with Crippen LogP contribution in [0.1, 0.15) is 23.2 Å². The topological polar surface area (TPSA) is 58.2 Å². The lowest BCUT2D eigenvalue weighted by molar-refractivity contribution is -0.124. The fourth-order valence-electron chi connectivity index (χ4n) is 1.78. The predicted octanol–water partition coefficient (Wildman–Crippen LogP) is 1.30. The molecule has 1 aromatic rings. The molecule has 1 saturated heterocycles. The van der Waals surface area contributed by atoms with Gasteiger partial charge in [0.15, 0.2) is 0 Å². The summed E-state index contributed by atoms with van der Waals surface area (Å²) in [4.78, 5) is 23.4. The van der Waals surface area contributed by atoms with Gasteiger partial charge in [-0.05, 0) is 53.6 Å². The Balaban J connectivity index is 2.03. The Hall–Kier alpha value is -1.11. The Morgan fingerprint density at radius 2 is 2.29 bits per heavy atom. The summed E-state index contributed by atoms with van der Waals surface area (Å²) in [5, 5.41) is 5.50. The molecule has 1 atom stereocenters. The number of carbonyl (C=O) groups is 2. The van der Waals surface area contributed by atoms with Gasteiger partial charge in [-0.1, -0.05) is 6.07 Å². The number of carbonyl (C=O) groups excluding carboxylic acids is 2. The monoisotopic (exact) mass is 344 g/mol. The second-order valence-corrected chi connectivity index (χ2v) is 5.22. The second-order valence-electron chi connectivity index (χ2n) is 3.97. The average molecular weight is 344 g/mol. The number of hydrogen-bond donors (Lipinski definition) is 2. The maximum atomic E-state index is 11.9. The Labute approximate surface area is 113 Å². The van der Waals surface area contributed by atoms with Crippen molar-refractivity contribution in [1.29, 1.82) is 0 Å². The summed E-state index contributed by atoms with van der Waals surface area (Å²) in [5.41, 5.74) is 0.593. The zero-order chi connectivity index (χ0) is 12.3. The maximum absolute atomic E-state index is 11.9. The molecular weight excluding hydrogens is 331 g/mol. The van der Waals surface area contributed by atoms with Crippen molar-refractivity contribution in [2.24, 2.45) is 0 Å². The number of benzene rings is 1. The lowest BCUT2D eigenvalue weighted by atomic mass is 10.1. The van der Waals surface area contributed by atoms with Crippen molar-refractivity contribution >= 4 is 34.4 Å². The van der Waals surface area contributed by atoms with Crippen LogP contribution in [0.5, 0.6) is 0 Å². The van der Waals surface area contributed by atoms with Crippen molar-refractivity contribution < 1.29 is 9.59 Å². The molecule has 4 nitrogen and oxygen atoms in total. The highest BCUT2D eigenvalue weighted by atomic mass is 127. The first-order valence-electron chi connectivity index (χ1n) is 5.51. The van der Waals surface area contributed by atoms with Gasteiger partial charge in [-0.3, -0.25) is 9.59 Å². The van der Waals surface area contributed by atoms with E-state index in [1.807, 2.05) is 12.1 Å². The summed E-state index contributed by atoms with van der Waals surface area (Å²) < 4.78 is 1.00. The van der Waals surface area contributed by atoms with Crippen molar-refractivity contribution in [1.82, 2.24) is 10.6 Å². The molecule has 1 aromatic carbocycles. The summed E-state index contributed by atoms with van der Waals surface area (Å²) in [6, 6.07) is 6.91. The minimum absolute atomic E-state index is 0.0878. The molecule has 0 saturated carbocycles. The van der Waals surface area contributed by atoms with Gasteiger partial charge in [-0.2, -0.15) is 0 Å². The van der Waals surface area contributed by atoms with Gasteiger partial charge in [0.05, 0.1) is 0 Å². The molecule has 90 valence electrons. The van der Waals surface area contributed by atoms with E-state index in [1.54, 1.807) is 12.1 Å². The van der Waals surface area contributed by atoms with E-state index in [0.717, 1.165) is 9.99 Å². The van der Waals surface area contributed by atoms with Crippen LogP contribution in [0.2, 0.25) is 0 Å². The Morgan fingerprint density at radius 3 is 3.00 bits per heavy atom. The van der Waals surface area contributed by atoms with Gasteiger partial charge in [0.2, 0.25) is 5.91 Å². The molecule has 1 fully saturated rings. The molecule has 2 rings (SSSR count). The van der Waals surface area contributed by atoms with Crippen LogP contribution >= 0.6 is 22.6 Å². The van der Waals surface area contributed by atoms with Gasteiger partial charge in [-0.25, -0.2) is 0 Å². The lowest BCUT2D eigenvalue weighted by Crippen LogP contribution is -2.50. The molecule has 0 spiro atoms. The number of rotatable bonds is 2. The molecule has 17 heavy (non-hydrogen) atoms. The zero-order valence-corrected chi connectivity index (χ0v) is 11.4. The molecule has 5 heteroatoms. The predicted molar refractivity (Wildman–Crippen MR) is 72.7 cm³/mol. The SMILES string of the molecule is O=C(NC1CCCNC1=O)c1cccc(I)c1. The van der Waals surface area contributed by atoms with E-state index < -0.39 is 6.04 Å². The summed E-state index contributed by atoms with van der Waals surface area (Å²) >= 11 is 2.15. The largest absolute Gasteiger partial charge is 0.354 e. The lowest BCUT2D eigenvalue weighted by Gasteiger charge is -2.22. The van der Waals surface area contributed by atoms with Gasteiger partial charge < -0.3 is 10.6 Å². The Kier molecular flexibility index (Phi) is 3.98. The van der Waals surface area contributed by atoms with E-state index in [1.165, 1.54) is 0 Å². The molecule has 0 aliphatic carbocycles. The average Bonchev–Trinajstić information content (AvgIpc) is 2.32. The van der Waals surface area contributed by atoms with Crippen molar-refractivity contribution in [3.05, 3.63) is 33.4 Å². The van der Waals surface area contributed by atoms with Crippen LogP contribution < -0.4 is 10.6 Å². The van der Waals surface area contributed by atoms with E-state index in [-0.39, 0.29) is 11.8 Å². The first-order valence-corrected chi connectivity index (χ1v) is 6.59. The molecule has 2 amide bonds. The van der Waals surface area contributed by atoms with Crippen molar-refractivity contribution in [3.8, 4) is 0 Å². The van der Waals surface area contributed by atoms with Crippen LogP contribution in [0.25, 0.3) is 0 Å². The number of halogens is 1. The van der Waals surface area contributed by atoms with Crippen LogP contribution in [0.15, 0.2) is 24.3 Å². The van der Waals surface area contributed by atoms with Gasteiger partial charge in [-0.15, -0.1) is 0 Å². The number of piperidine rings is 1. The van der Waals surface area contributed by atoms with Crippen molar-refractivity contribution in [2.45, 2.75) is 18.9 Å². The minimum atomic E-state index is -0.394. The van der Waals surface area contributed by atoms with E-state index in [9.17, 15) is 9.59 Å². The molecule has 1 aliphatic rings. The maximum Gasteiger partial charge on any atom is 0.251 e. The van der Waals surface area contributed by atoms with E-state index in [2.05, 4.69) is 33.2 Å². The molecule has 1 heterocycles. The number of nitrogens with one attached hydrogen (secondary N) is 2. The van der Waals surface area contributed by atoms with E-state index in [0.29, 0.717) is 18.5 Å². The Bertz CT molecular complexity index is 448. The molecule has 1 aliphatic heterocycles. The summed E-state index contributed by atoms with van der Waals surface area (Å²) in [7, 11) is 0. The van der Waals surface area contributed by atoms with E-state index in [4.69, 9.17) is 0 Å². The van der Waals surface area contributed by atoms with Crippen LogP contribution in [-0.2, 0) is 4.79 Å². The number of amides is 2. The van der Waals surface area contributed by atoms with Crippen LogP contribution in [0.3, 0.4) is 0 Å². The summed E-state index contributed by atoms with van der Waals surface area (Å²) in [5.74, 6) is -0.277. The highest BCUT2D eigenvalue weighted by Crippen LogP contribution is 2.09. The third kappa shape index (κ3) is 3.18. The third-order valence-corrected chi connectivity index (χ3v) is 3.35. The normalized spacial score (nSPS) is 19.6. The minimum Gasteiger partial charge on any atom is -0.354 e. The fourth-order valence-corrected chi connectivity index (χ4v) is 2.32. The van der Waals surface area contributed by atoms with Crippen LogP contribution in [0, 0.1) is 3.57 Å². The molecule has 0 radical (unpaired) electrons. The van der Waals surface area contributed by atoms with E-state index >= 15 is 0 Å². The molecule has 2 N–H and O–H groups in total. The third-order valence-electron chi connectivity index (χ3n) is 2.68. The quantitative estimate of drug-likeness (QED) is 0.795. The first-order chi connectivity index (χ1) is 8.16. The molecule has 0 bridgehead atoms. The highest BCUT2D eigenvalue weighted by molar-refractivity contribution is 14.1. The van der Waals surface area contributed by atoms with Gasteiger partial charge >= 0.3 is 0 Å². The van der Waals surface area contributed by atoms with Gasteiger partial charge in [0.25, 0.3) is 5.91 Å². The zero-order valence-electron chi connectivity index (χ0n) is 9.20. The van der Waals surface area contributed by atoms with Gasteiger partial charge in [0, 0.05) is 15.7 Å². The van der Waals surface area contributed by atoms with Crippen LogP contribution in [-0.4, -0.2) is 24.4 Å². The molecule has 0 aromatic heterocycles. The molecule has 1 unspecified atom stereocenters. The standard InChI is InChI=1S/C12H13IN2O2/c13-9-4-1-3-8(7-9)11(16)15-10-5-2-6-14-12(10)17/h1,3-4,7,10H,2,5-6H2,(H,14,17)(H,15,16). The van der Waals surface area contributed by atoms with Crippen LogP contribution in [0.4, 0.5) is 0 Å². The van der Waals surface area contributed by atoms with Crippen molar-refractivity contribution in [3.63, 3.8) is 0 Å². The molecular formula is C12H13IN2O2. The fraction of sp³-hybridized carbons (Fsp3) is 0.333. The highest BCUT2D eigenvalue weighted by Gasteiger charge is 2.23. The second kappa shape index (κ2) is 5.48. The first kappa shape index (κ1) is 12.3. The van der Waals surface area contributed by atoms with Gasteiger partial charge in [0.1, 0.15) is 6.04 Å².